The molecule has 0 aromatic carbocycles. The van der Waals surface area contributed by atoms with Gasteiger partial charge in [-0.05, 0) is 25.9 Å². The number of hydrogen-bond donors (Lipinski definition) is 2. The van der Waals surface area contributed by atoms with Gasteiger partial charge >= 0.3 is 0 Å². The molecule has 19 heavy (non-hydrogen) atoms. The highest BCUT2D eigenvalue weighted by Gasteiger charge is 2.23. The van der Waals surface area contributed by atoms with Crippen LogP contribution in [0.5, 0.6) is 0 Å². The number of likely N-dealkylation sites (tertiary alicyclic amines) is 1. The van der Waals surface area contributed by atoms with Crippen LogP contribution in [0.15, 0.2) is 12.4 Å². The van der Waals surface area contributed by atoms with E-state index >= 15 is 0 Å². The quantitative estimate of drug-likeness (QED) is 0.578. The summed E-state index contributed by atoms with van der Waals surface area (Å²) in [5, 5.41) is 0. The predicted octanol–water partition coefficient (Wildman–Crippen LogP) is -0.214. The lowest BCUT2D eigenvalue weighted by atomic mass is 10.1. The number of hydrazine groups is 1. The van der Waals surface area contributed by atoms with Gasteiger partial charge in [0, 0.05) is 20.1 Å². The van der Waals surface area contributed by atoms with E-state index in [0.717, 1.165) is 26.1 Å². The topological polar surface area (TPSA) is 87.4 Å². The number of rotatable bonds is 4. The molecule has 1 atom stereocenters. The molecule has 1 aliphatic heterocycles. The number of nitrogens with zero attached hydrogens (tertiary/aromatic N) is 4. The van der Waals surface area contributed by atoms with Crippen molar-refractivity contribution >= 4 is 11.7 Å². The maximum Gasteiger partial charge on any atom is 0.273 e. The molecule has 1 amide bonds. The van der Waals surface area contributed by atoms with Crippen molar-refractivity contribution in [3.8, 4) is 0 Å². The molecule has 0 aliphatic carbocycles. The zero-order valence-electron chi connectivity index (χ0n) is 11.3. The minimum atomic E-state index is -0.106. The summed E-state index contributed by atoms with van der Waals surface area (Å²) >= 11 is 0. The van der Waals surface area contributed by atoms with Gasteiger partial charge in [0.25, 0.3) is 5.91 Å². The van der Waals surface area contributed by atoms with E-state index in [2.05, 4.69) is 27.3 Å². The monoisotopic (exact) mass is 264 g/mol. The van der Waals surface area contributed by atoms with E-state index in [1.165, 1.54) is 12.4 Å². The minimum absolute atomic E-state index is 0.106. The van der Waals surface area contributed by atoms with E-state index in [1.807, 2.05) is 0 Å². The van der Waals surface area contributed by atoms with Gasteiger partial charge in [0.1, 0.15) is 5.69 Å². The van der Waals surface area contributed by atoms with Crippen molar-refractivity contribution < 1.29 is 4.79 Å². The van der Waals surface area contributed by atoms with Gasteiger partial charge in [-0.2, -0.15) is 0 Å². The molecule has 1 aromatic heterocycles. The summed E-state index contributed by atoms with van der Waals surface area (Å²) in [5.74, 6) is 6.08. The summed E-state index contributed by atoms with van der Waals surface area (Å²) in [4.78, 5) is 24.2. The SMILES string of the molecule is CN1CCC(CN(C)C(=O)c2cnc(NN)cn2)C1. The van der Waals surface area contributed by atoms with Gasteiger partial charge in [0.2, 0.25) is 0 Å². The Morgan fingerprint density at radius 1 is 1.58 bits per heavy atom. The number of aromatic nitrogens is 2. The van der Waals surface area contributed by atoms with Gasteiger partial charge in [0.05, 0.1) is 12.4 Å². The van der Waals surface area contributed by atoms with Crippen molar-refractivity contribution in [2.24, 2.45) is 11.8 Å². The van der Waals surface area contributed by atoms with E-state index < -0.39 is 0 Å². The third kappa shape index (κ3) is 3.39. The van der Waals surface area contributed by atoms with E-state index in [-0.39, 0.29) is 5.91 Å². The molecule has 2 rings (SSSR count). The molecule has 7 nitrogen and oxygen atoms in total. The number of amides is 1. The highest BCUT2D eigenvalue weighted by atomic mass is 16.2. The van der Waals surface area contributed by atoms with Gasteiger partial charge in [-0.25, -0.2) is 15.8 Å². The molecule has 1 aromatic rings. The van der Waals surface area contributed by atoms with Crippen LogP contribution in [0, 0.1) is 5.92 Å². The molecular weight excluding hydrogens is 244 g/mol. The van der Waals surface area contributed by atoms with E-state index in [0.29, 0.717) is 17.4 Å². The summed E-state index contributed by atoms with van der Waals surface area (Å²) in [6.45, 7) is 2.89. The number of carbonyl (C=O) groups is 1. The Morgan fingerprint density at radius 3 is 2.89 bits per heavy atom. The van der Waals surface area contributed by atoms with Crippen molar-refractivity contribution in [2.75, 3.05) is 39.2 Å². The maximum atomic E-state index is 12.2. The van der Waals surface area contributed by atoms with Crippen LogP contribution in [0.1, 0.15) is 16.9 Å². The summed E-state index contributed by atoms with van der Waals surface area (Å²) in [7, 11) is 3.91. The first-order chi connectivity index (χ1) is 9.10. The lowest BCUT2D eigenvalue weighted by Gasteiger charge is -2.20. The van der Waals surface area contributed by atoms with Crippen LogP contribution in [0.4, 0.5) is 5.82 Å². The molecule has 0 bridgehead atoms. The van der Waals surface area contributed by atoms with Crippen molar-refractivity contribution in [1.29, 1.82) is 0 Å². The number of nitrogen functional groups attached to an aromatic ring is 1. The molecule has 2 heterocycles. The lowest BCUT2D eigenvalue weighted by Crippen LogP contribution is -2.33. The zero-order chi connectivity index (χ0) is 13.8. The van der Waals surface area contributed by atoms with Crippen molar-refractivity contribution in [3.63, 3.8) is 0 Å². The molecule has 0 radical (unpaired) electrons. The van der Waals surface area contributed by atoms with Crippen LogP contribution in [0.25, 0.3) is 0 Å². The van der Waals surface area contributed by atoms with Crippen LogP contribution in [-0.2, 0) is 0 Å². The number of anilines is 1. The second-order valence-electron chi connectivity index (χ2n) is 5.03. The molecule has 0 saturated carbocycles. The van der Waals surface area contributed by atoms with Gasteiger partial charge in [-0.15, -0.1) is 0 Å². The number of nitrogens with two attached hydrogens (primary N) is 1. The summed E-state index contributed by atoms with van der Waals surface area (Å²) in [6.07, 6.45) is 4.02. The van der Waals surface area contributed by atoms with Crippen molar-refractivity contribution in [1.82, 2.24) is 19.8 Å². The normalized spacial score (nSPS) is 19.4. The van der Waals surface area contributed by atoms with Crippen LogP contribution < -0.4 is 11.3 Å². The smallest absolute Gasteiger partial charge is 0.273 e. The molecule has 1 fully saturated rings. The molecule has 3 N–H and O–H groups in total. The molecule has 104 valence electrons. The van der Waals surface area contributed by atoms with Crippen molar-refractivity contribution in [3.05, 3.63) is 18.1 Å². The second kappa shape index (κ2) is 5.94. The molecule has 7 heteroatoms. The lowest BCUT2D eigenvalue weighted by molar-refractivity contribution is 0.0768. The Balaban J connectivity index is 1.94. The summed E-state index contributed by atoms with van der Waals surface area (Å²) in [5.41, 5.74) is 2.72. The third-order valence-electron chi connectivity index (χ3n) is 3.39. The fourth-order valence-corrected chi connectivity index (χ4v) is 2.35. The predicted molar refractivity (Wildman–Crippen MR) is 72.4 cm³/mol. The largest absolute Gasteiger partial charge is 0.340 e. The average Bonchev–Trinajstić information content (AvgIpc) is 2.83. The first-order valence-corrected chi connectivity index (χ1v) is 6.33. The van der Waals surface area contributed by atoms with Gasteiger partial charge in [-0.1, -0.05) is 0 Å². The average molecular weight is 264 g/mol. The van der Waals surface area contributed by atoms with E-state index in [9.17, 15) is 4.79 Å². The highest BCUT2D eigenvalue weighted by molar-refractivity contribution is 5.91. The Labute approximate surface area is 112 Å². The van der Waals surface area contributed by atoms with Gasteiger partial charge in [-0.3, -0.25) is 4.79 Å². The Bertz CT molecular complexity index is 434. The molecule has 0 spiro atoms. The molecule has 1 saturated heterocycles. The molecular formula is C12H20N6O. The Morgan fingerprint density at radius 2 is 2.37 bits per heavy atom. The fourth-order valence-electron chi connectivity index (χ4n) is 2.35. The molecule has 1 unspecified atom stereocenters. The van der Waals surface area contributed by atoms with E-state index in [4.69, 9.17) is 5.84 Å². The van der Waals surface area contributed by atoms with Crippen molar-refractivity contribution in [2.45, 2.75) is 6.42 Å². The zero-order valence-corrected chi connectivity index (χ0v) is 11.3. The number of nitrogens with one attached hydrogen (secondary N) is 1. The first kappa shape index (κ1) is 13.7. The van der Waals surface area contributed by atoms with Gasteiger partial charge in [0.15, 0.2) is 5.82 Å². The van der Waals surface area contributed by atoms with Crippen LogP contribution >= 0.6 is 0 Å². The first-order valence-electron chi connectivity index (χ1n) is 6.33. The van der Waals surface area contributed by atoms with E-state index in [1.54, 1.807) is 11.9 Å². The molecule has 1 aliphatic rings. The van der Waals surface area contributed by atoms with Gasteiger partial charge < -0.3 is 15.2 Å². The number of carbonyl (C=O) groups excluding carboxylic acids is 1. The van der Waals surface area contributed by atoms with Crippen LogP contribution in [-0.4, -0.2) is 59.4 Å². The fraction of sp³-hybridized carbons (Fsp3) is 0.583. The minimum Gasteiger partial charge on any atom is -0.340 e. The summed E-state index contributed by atoms with van der Waals surface area (Å²) in [6, 6.07) is 0. The van der Waals surface area contributed by atoms with Crippen LogP contribution in [0.2, 0.25) is 0 Å². The second-order valence-corrected chi connectivity index (χ2v) is 5.03. The number of hydrogen-bond acceptors (Lipinski definition) is 6. The Hall–Kier alpha value is -1.73. The highest BCUT2D eigenvalue weighted by Crippen LogP contribution is 2.15. The summed E-state index contributed by atoms with van der Waals surface area (Å²) < 4.78 is 0. The standard InChI is InChI=1S/C12H20N6O/c1-17-4-3-9(7-17)8-18(2)12(19)10-5-15-11(16-13)6-14-10/h5-6,9H,3-4,7-8,13H2,1-2H3,(H,15,16). The third-order valence-corrected chi connectivity index (χ3v) is 3.39. The Kier molecular flexibility index (Phi) is 4.28. The maximum absolute atomic E-state index is 12.2. The van der Waals surface area contributed by atoms with Crippen LogP contribution in [0.3, 0.4) is 0 Å².